The number of nitro benzene ring substituents is 1. The first-order chi connectivity index (χ1) is 13.6. The Balaban J connectivity index is 2.22. The summed E-state index contributed by atoms with van der Waals surface area (Å²) in [6.45, 7) is 3.86. The van der Waals surface area contributed by atoms with Crippen LogP contribution in [0.3, 0.4) is 0 Å². The van der Waals surface area contributed by atoms with E-state index >= 15 is 0 Å². The second kappa shape index (κ2) is 7.79. The van der Waals surface area contributed by atoms with E-state index in [0.717, 1.165) is 11.8 Å². The molecule has 1 aromatic carbocycles. The number of thioether (sulfide) groups is 1. The fourth-order valence-corrected chi connectivity index (χ4v) is 4.78. The molecule has 1 heterocycles. The molecule has 0 saturated heterocycles. The number of hydrogen-bond donors (Lipinski definition) is 0. The third-order valence-electron chi connectivity index (χ3n) is 5.05. The van der Waals surface area contributed by atoms with E-state index in [1.54, 1.807) is 6.07 Å². The van der Waals surface area contributed by atoms with Gasteiger partial charge < -0.3 is 9.90 Å². The Labute approximate surface area is 171 Å². The summed E-state index contributed by atoms with van der Waals surface area (Å²) >= 11 is 0.834. The van der Waals surface area contributed by atoms with Crippen molar-refractivity contribution >= 4 is 34.9 Å². The lowest BCUT2D eigenvalue weighted by Gasteiger charge is -2.40. The Morgan fingerprint density at radius 1 is 1.34 bits per heavy atom. The topological polar surface area (TPSA) is 136 Å². The van der Waals surface area contributed by atoms with Gasteiger partial charge in [0.1, 0.15) is 10.8 Å². The number of para-hydroxylation sites is 1. The molecule has 0 N–H and O–H groups in total. The summed E-state index contributed by atoms with van der Waals surface area (Å²) in [5.41, 5.74) is 0.342. The molecule has 2 atom stereocenters. The number of aliphatic imine (C=N–C) groups is 1. The van der Waals surface area contributed by atoms with Crippen molar-refractivity contribution in [3.05, 3.63) is 50.5 Å². The Morgan fingerprint density at radius 3 is 2.66 bits per heavy atom. The minimum atomic E-state index is -1.32. The van der Waals surface area contributed by atoms with Crippen LogP contribution in [0.2, 0.25) is 0 Å². The largest absolute Gasteiger partial charge is 0.549 e. The van der Waals surface area contributed by atoms with E-state index in [9.17, 15) is 30.1 Å². The van der Waals surface area contributed by atoms with Gasteiger partial charge in [0.25, 0.3) is 5.69 Å². The number of nitrogens with zero attached hydrogens (tertiary/aromatic N) is 3. The van der Waals surface area contributed by atoms with E-state index in [4.69, 9.17) is 0 Å². The van der Waals surface area contributed by atoms with Crippen LogP contribution in [0.4, 0.5) is 5.69 Å². The molecule has 1 fully saturated rings. The molecule has 1 aromatic rings. The van der Waals surface area contributed by atoms with Crippen LogP contribution >= 0.6 is 11.8 Å². The molecule has 2 aliphatic rings. The lowest BCUT2D eigenvalue weighted by molar-refractivity contribution is -0.385. The summed E-state index contributed by atoms with van der Waals surface area (Å²) in [5, 5.41) is 32.6. The number of nitriles is 1. The number of fused-ring (bicyclic) bond motifs is 1. The fraction of sp³-hybridized carbons (Fsp3) is 0.400. The van der Waals surface area contributed by atoms with Crippen molar-refractivity contribution in [1.29, 1.82) is 5.26 Å². The first-order valence-electron chi connectivity index (χ1n) is 8.95. The quantitative estimate of drug-likeness (QED) is 0.535. The number of carbonyl (C=O) groups excluding carboxylic acids is 2. The van der Waals surface area contributed by atoms with Gasteiger partial charge in [-0.1, -0.05) is 43.8 Å². The lowest BCUT2D eigenvalue weighted by Crippen LogP contribution is -2.43. The number of nitro groups is 1. The monoisotopic (exact) mass is 412 g/mol. The van der Waals surface area contributed by atoms with E-state index in [1.165, 1.54) is 18.2 Å². The van der Waals surface area contributed by atoms with Gasteiger partial charge in [-0.3, -0.25) is 14.9 Å². The zero-order valence-electron chi connectivity index (χ0n) is 15.9. The molecule has 9 heteroatoms. The van der Waals surface area contributed by atoms with Gasteiger partial charge in [0.05, 0.1) is 28.5 Å². The molecular formula is C20H18N3O5S-. The molecule has 29 heavy (non-hydrogen) atoms. The smallest absolute Gasteiger partial charge is 0.273 e. The van der Waals surface area contributed by atoms with Gasteiger partial charge in [0, 0.05) is 35.4 Å². The predicted octanol–water partition coefficient (Wildman–Crippen LogP) is 2.36. The third kappa shape index (κ3) is 4.07. The summed E-state index contributed by atoms with van der Waals surface area (Å²) in [5.74, 6) is -3.50. The number of benzene rings is 1. The maximum atomic E-state index is 13.0. The van der Waals surface area contributed by atoms with Crippen molar-refractivity contribution in [1.82, 2.24) is 0 Å². The van der Waals surface area contributed by atoms with Crippen LogP contribution in [0.5, 0.6) is 0 Å². The van der Waals surface area contributed by atoms with Crippen LogP contribution in [0.1, 0.15) is 38.2 Å². The molecule has 3 rings (SSSR count). The Bertz CT molecular complexity index is 1010. The molecule has 8 nitrogen and oxygen atoms in total. The van der Waals surface area contributed by atoms with Crippen molar-refractivity contribution in [3.63, 3.8) is 0 Å². The van der Waals surface area contributed by atoms with Gasteiger partial charge in [-0.25, -0.2) is 4.99 Å². The van der Waals surface area contributed by atoms with Crippen molar-refractivity contribution in [3.8, 4) is 6.07 Å². The Kier molecular flexibility index (Phi) is 5.57. The zero-order valence-corrected chi connectivity index (χ0v) is 16.7. The number of carboxylic acid groups (broad SMARTS) is 1. The van der Waals surface area contributed by atoms with Gasteiger partial charge in [-0.15, -0.1) is 0 Å². The second-order valence-corrected chi connectivity index (χ2v) is 8.81. The van der Waals surface area contributed by atoms with Crippen LogP contribution in [-0.2, 0) is 9.59 Å². The van der Waals surface area contributed by atoms with Crippen molar-refractivity contribution in [2.75, 3.05) is 5.75 Å². The van der Waals surface area contributed by atoms with Crippen LogP contribution in [0.15, 0.2) is 39.9 Å². The number of carboxylic acids is 1. The number of Topliss-reactive ketones (excluding diaryl/α,β-unsaturated/α-hetero) is 1. The second-order valence-electron chi connectivity index (χ2n) is 7.85. The van der Waals surface area contributed by atoms with Gasteiger partial charge in [0.15, 0.2) is 0 Å². The number of ketones is 1. The highest BCUT2D eigenvalue weighted by molar-refractivity contribution is 8.03. The van der Waals surface area contributed by atoms with E-state index < -0.39 is 28.5 Å². The summed E-state index contributed by atoms with van der Waals surface area (Å²) in [4.78, 5) is 39.5. The van der Waals surface area contributed by atoms with Crippen LogP contribution in [-0.4, -0.2) is 28.1 Å². The number of hydrogen-bond acceptors (Lipinski definition) is 8. The standard InChI is InChI=1S/C20H19N3O5S/c1-20(2)7-13-18(15(24)8-20)17(11-5-3-4-6-14(11)23(27)28)12(9-21)19(22-13)29-10-16(25)26/h3-6,17-18H,7-8,10H2,1-2H3,(H,25,26)/p-1/t17-,18?/m0/s1. The fourth-order valence-electron chi connectivity index (χ4n) is 4.01. The minimum absolute atomic E-state index is 0.0763. The average Bonchev–Trinajstić information content (AvgIpc) is 2.64. The number of allylic oxidation sites excluding steroid dienone is 1. The summed E-state index contributed by atoms with van der Waals surface area (Å²) < 4.78 is 0. The number of aliphatic carboxylic acids is 1. The van der Waals surface area contributed by atoms with Crippen LogP contribution in [0, 0.1) is 32.8 Å². The molecular weight excluding hydrogens is 394 g/mol. The van der Waals surface area contributed by atoms with Crippen LogP contribution in [0.25, 0.3) is 0 Å². The SMILES string of the molecule is CC1(C)CC(=O)C2C(=NC(SCC(=O)[O-])=C(C#N)[C@@H]2c2ccccc2[N+](=O)[O-])C1. The van der Waals surface area contributed by atoms with Gasteiger partial charge in [0.2, 0.25) is 0 Å². The van der Waals surface area contributed by atoms with Gasteiger partial charge in [-0.2, -0.15) is 5.26 Å². The summed E-state index contributed by atoms with van der Waals surface area (Å²) in [7, 11) is 0. The van der Waals surface area contributed by atoms with E-state index in [1.807, 2.05) is 19.9 Å². The molecule has 0 bridgehead atoms. The first kappa shape index (κ1) is 20.7. The predicted molar refractivity (Wildman–Crippen MR) is 105 cm³/mol. The Hall–Kier alpha value is -2.99. The molecule has 150 valence electrons. The van der Waals surface area contributed by atoms with E-state index in [0.29, 0.717) is 12.1 Å². The maximum absolute atomic E-state index is 13.0. The summed E-state index contributed by atoms with van der Waals surface area (Å²) in [6.07, 6.45) is 0.753. The van der Waals surface area contributed by atoms with Crippen molar-refractivity contribution < 1.29 is 19.6 Å². The van der Waals surface area contributed by atoms with Crippen molar-refractivity contribution in [2.45, 2.75) is 32.6 Å². The number of carbonyl (C=O) groups is 2. The van der Waals surface area contributed by atoms with Gasteiger partial charge >= 0.3 is 0 Å². The molecule has 1 unspecified atom stereocenters. The highest BCUT2D eigenvalue weighted by atomic mass is 32.2. The number of rotatable bonds is 5. The minimum Gasteiger partial charge on any atom is -0.549 e. The van der Waals surface area contributed by atoms with E-state index in [-0.39, 0.29) is 39.5 Å². The molecule has 1 aliphatic carbocycles. The average molecular weight is 412 g/mol. The first-order valence-corrected chi connectivity index (χ1v) is 9.93. The molecule has 0 spiro atoms. The van der Waals surface area contributed by atoms with Crippen molar-refractivity contribution in [2.24, 2.45) is 16.3 Å². The van der Waals surface area contributed by atoms with Crippen LogP contribution < -0.4 is 5.11 Å². The molecule has 0 aromatic heterocycles. The maximum Gasteiger partial charge on any atom is 0.273 e. The molecule has 1 saturated carbocycles. The lowest BCUT2D eigenvalue weighted by atomic mass is 9.64. The Morgan fingerprint density at radius 2 is 2.03 bits per heavy atom. The molecule has 1 aliphatic heterocycles. The zero-order chi connectivity index (χ0) is 21.3. The molecule has 0 radical (unpaired) electrons. The highest BCUT2D eigenvalue weighted by Crippen LogP contribution is 2.49. The molecule has 0 amide bonds. The van der Waals surface area contributed by atoms with Gasteiger partial charge in [-0.05, 0) is 11.8 Å². The third-order valence-corrected chi connectivity index (χ3v) is 6.02. The summed E-state index contributed by atoms with van der Waals surface area (Å²) in [6, 6.07) is 8.04. The highest BCUT2D eigenvalue weighted by Gasteiger charge is 2.48. The normalized spacial score (nSPS) is 23.1. The van der Waals surface area contributed by atoms with E-state index in [2.05, 4.69) is 4.99 Å².